The van der Waals surface area contributed by atoms with Crippen molar-refractivity contribution >= 4 is 0 Å². The molecule has 4 nitrogen and oxygen atoms in total. The molecule has 1 heterocycles. The average Bonchev–Trinajstić information content (AvgIpc) is 2.63. The molecular weight excluding hydrogens is 194 g/mol. The molecule has 90 valence electrons. The normalized spacial score (nSPS) is 23.6. The molecule has 0 aliphatic carbocycles. The van der Waals surface area contributed by atoms with Crippen LogP contribution in [0.3, 0.4) is 0 Å². The zero-order valence-electron chi connectivity index (χ0n) is 9.99. The molecule has 15 heavy (non-hydrogen) atoms. The van der Waals surface area contributed by atoms with E-state index in [4.69, 9.17) is 14.2 Å². The van der Waals surface area contributed by atoms with Crippen molar-refractivity contribution in [2.45, 2.75) is 45.6 Å². The van der Waals surface area contributed by atoms with Crippen molar-refractivity contribution in [3.05, 3.63) is 0 Å². The van der Waals surface area contributed by atoms with Crippen LogP contribution in [0.4, 0.5) is 0 Å². The van der Waals surface area contributed by atoms with Crippen LogP contribution in [0.25, 0.3) is 0 Å². The molecule has 0 bridgehead atoms. The van der Waals surface area contributed by atoms with Gasteiger partial charge >= 0.3 is 0 Å². The molecule has 0 aromatic rings. The minimum Gasteiger partial charge on any atom is -0.379 e. The average molecular weight is 217 g/mol. The van der Waals surface area contributed by atoms with E-state index in [0.717, 1.165) is 32.8 Å². The lowest BCUT2D eigenvalue weighted by molar-refractivity contribution is -0.0108. The Morgan fingerprint density at radius 3 is 2.80 bits per heavy atom. The fourth-order valence-corrected chi connectivity index (χ4v) is 1.59. The topological polar surface area (TPSA) is 39.7 Å². The first-order valence-electron chi connectivity index (χ1n) is 5.76. The number of hydrogen-bond acceptors (Lipinski definition) is 4. The van der Waals surface area contributed by atoms with Crippen molar-refractivity contribution in [1.29, 1.82) is 0 Å². The molecule has 1 aliphatic heterocycles. The molecule has 1 fully saturated rings. The summed E-state index contributed by atoms with van der Waals surface area (Å²) in [5.74, 6) is 0. The molecule has 0 aromatic carbocycles. The van der Waals surface area contributed by atoms with Crippen molar-refractivity contribution in [3.8, 4) is 0 Å². The second-order valence-corrected chi connectivity index (χ2v) is 4.14. The third-order valence-corrected chi connectivity index (χ3v) is 2.25. The molecule has 0 amide bonds. The summed E-state index contributed by atoms with van der Waals surface area (Å²) in [6.45, 7) is 9.21. The highest BCUT2D eigenvalue weighted by Gasteiger charge is 2.15. The van der Waals surface area contributed by atoms with Gasteiger partial charge in [-0.2, -0.15) is 0 Å². The van der Waals surface area contributed by atoms with Crippen LogP contribution in [0, 0.1) is 0 Å². The van der Waals surface area contributed by atoms with Gasteiger partial charge in [0.2, 0.25) is 0 Å². The van der Waals surface area contributed by atoms with Crippen LogP contribution < -0.4 is 5.32 Å². The molecule has 0 saturated carbocycles. The summed E-state index contributed by atoms with van der Waals surface area (Å²) in [5, 5.41) is 3.25. The van der Waals surface area contributed by atoms with Crippen molar-refractivity contribution in [3.63, 3.8) is 0 Å². The van der Waals surface area contributed by atoms with Crippen LogP contribution >= 0.6 is 0 Å². The van der Waals surface area contributed by atoms with E-state index < -0.39 is 0 Å². The highest BCUT2D eigenvalue weighted by Crippen LogP contribution is 2.07. The molecule has 0 aromatic heterocycles. The van der Waals surface area contributed by atoms with Crippen LogP contribution in [-0.4, -0.2) is 44.8 Å². The van der Waals surface area contributed by atoms with Gasteiger partial charge in [0.15, 0.2) is 0 Å². The molecule has 2 atom stereocenters. The summed E-state index contributed by atoms with van der Waals surface area (Å²) >= 11 is 0. The van der Waals surface area contributed by atoms with Crippen LogP contribution in [0.1, 0.15) is 27.2 Å². The maximum Gasteiger partial charge on any atom is 0.105 e. The summed E-state index contributed by atoms with van der Waals surface area (Å²) in [7, 11) is 0. The Bertz CT molecular complexity index is 158. The fourth-order valence-electron chi connectivity index (χ4n) is 1.59. The fraction of sp³-hybridized carbons (Fsp3) is 1.00. The minimum absolute atomic E-state index is 0.0911. The Morgan fingerprint density at radius 2 is 2.20 bits per heavy atom. The highest BCUT2D eigenvalue weighted by molar-refractivity contribution is 4.63. The number of nitrogens with one attached hydrogen (secondary N) is 1. The molecular formula is C11H23NO3. The van der Waals surface area contributed by atoms with Gasteiger partial charge in [-0.3, -0.25) is 5.32 Å². The molecule has 0 spiro atoms. The molecule has 1 aliphatic rings. The second kappa shape index (κ2) is 7.17. The van der Waals surface area contributed by atoms with E-state index in [1.165, 1.54) is 0 Å². The van der Waals surface area contributed by atoms with Gasteiger partial charge < -0.3 is 14.2 Å². The summed E-state index contributed by atoms with van der Waals surface area (Å²) in [6, 6.07) is 0. The highest BCUT2D eigenvalue weighted by atomic mass is 16.5. The predicted octanol–water partition coefficient (Wildman–Crippen LogP) is 1.15. The van der Waals surface area contributed by atoms with Crippen molar-refractivity contribution in [1.82, 2.24) is 5.32 Å². The molecule has 1 N–H and O–H groups in total. The number of ether oxygens (including phenoxy) is 3. The Labute approximate surface area is 92.3 Å². The van der Waals surface area contributed by atoms with Crippen LogP contribution in [-0.2, 0) is 14.2 Å². The Morgan fingerprint density at radius 1 is 1.40 bits per heavy atom. The summed E-state index contributed by atoms with van der Waals surface area (Å²) < 4.78 is 16.4. The van der Waals surface area contributed by atoms with Gasteiger partial charge in [0, 0.05) is 13.2 Å². The first-order chi connectivity index (χ1) is 7.18. The van der Waals surface area contributed by atoms with Gasteiger partial charge in [0.25, 0.3) is 0 Å². The maximum absolute atomic E-state index is 5.62. The Balaban J connectivity index is 1.91. The SMILES string of the molecule is CC(C)OC(C)NCCOC1CCOC1. The van der Waals surface area contributed by atoms with Crippen molar-refractivity contribution in [2.24, 2.45) is 0 Å². The molecule has 1 rings (SSSR count). The van der Waals surface area contributed by atoms with Gasteiger partial charge in [-0.25, -0.2) is 0 Å². The van der Waals surface area contributed by atoms with Gasteiger partial charge in [-0.05, 0) is 27.2 Å². The number of rotatable bonds is 7. The lowest BCUT2D eigenvalue weighted by atomic mass is 10.3. The molecule has 1 saturated heterocycles. The largest absolute Gasteiger partial charge is 0.379 e. The van der Waals surface area contributed by atoms with Gasteiger partial charge in [0.1, 0.15) is 6.23 Å². The predicted molar refractivity (Wildman–Crippen MR) is 58.9 cm³/mol. The molecule has 0 radical (unpaired) electrons. The third-order valence-electron chi connectivity index (χ3n) is 2.25. The van der Waals surface area contributed by atoms with Crippen LogP contribution in [0.5, 0.6) is 0 Å². The Kier molecular flexibility index (Phi) is 6.17. The number of hydrogen-bond donors (Lipinski definition) is 1. The Hall–Kier alpha value is -0.160. The van der Waals surface area contributed by atoms with Gasteiger partial charge in [0.05, 0.1) is 25.4 Å². The second-order valence-electron chi connectivity index (χ2n) is 4.14. The van der Waals surface area contributed by atoms with E-state index in [0.29, 0.717) is 6.10 Å². The van der Waals surface area contributed by atoms with E-state index in [1.807, 2.05) is 20.8 Å². The minimum atomic E-state index is 0.0911. The van der Waals surface area contributed by atoms with E-state index in [9.17, 15) is 0 Å². The third kappa shape index (κ3) is 6.10. The van der Waals surface area contributed by atoms with Crippen molar-refractivity contribution in [2.75, 3.05) is 26.4 Å². The maximum atomic E-state index is 5.62. The van der Waals surface area contributed by atoms with E-state index in [2.05, 4.69) is 5.32 Å². The van der Waals surface area contributed by atoms with E-state index in [1.54, 1.807) is 0 Å². The molecule has 2 unspecified atom stereocenters. The zero-order chi connectivity index (χ0) is 11.1. The van der Waals surface area contributed by atoms with Crippen molar-refractivity contribution < 1.29 is 14.2 Å². The standard InChI is InChI=1S/C11H23NO3/c1-9(2)15-10(3)12-5-7-14-11-4-6-13-8-11/h9-12H,4-8H2,1-3H3. The van der Waals surface area contributed by atoms with E-state index in [-0.39, 0.29) is 12.3 Å². The van der Waals surface area contributed by atoms with Gasteiger partial charge in [-0.15, -0.1) is 0 Å². The summed E-state index contributed by atoms with van der Waals surface area (Å²) in [5.41, 5.74) is 0. The smallest absolute Gasteiger partial charge is 0.105 e. The van der Waals surface area contributed by atoms with Crippen LogP contribution in [0.2, 0.25) is 0 Å². The summed E-state index contributed by atoms with van der Waals surface area (Å²) in [6.07, 6.45) is 1.68. The molecule has 4 heteroatoms. The first-order valence-corrected chi connectivity index (χ1v) is 5.76. The monoisotopic (exact) mass is 217 g/mol. The lowest BCUT2D eigenvalue weighted by Crippen LogP contribution is -2.34. The quantitative estimate of drug-likeness (QED) is 0.513. The zero-order valence-corrected chi connectivity index (χ0v) is 9.99. The summed E-state index contributed by atoms with van der Waals surface area (Å²) in [4.78, 5) is 0. The lowest BCUT2D eigenvalue weighted by Gasteiger charge is -2.18. The van der Waals surface area contributed by atoms with Gasteiger partial charge in [-0.1, -0.05) is 0 Å². The van der Waals surface area contributed by atoms with E-state index >= 15 is 0 Å². The van der Waals surface area contributed by atoms with Crippen LogP contribution in [0.15, 0.2) is 0 Å². The first kappa shape index (κ1) is 12.9.